The number of ether oxygens (including phenoxy) is 2. The molecule has 0 saturated carbocycles. The van der Waals surface area contributed by atoms with E-state index in [1.165, 1.54) is 22.7 Å². The lowest BCUT2D eigenvalue weighted by atomic mass is 10.0. The fourth-order valence-corrected chi connectivity index (χ4v) is 8.84. The molecule has 0 radical (unpaired) electrons. The number of hydrogen-bond donors (Lipinski definition) is 4. The van der Waals surface area contributed by atoms with Gasteiger partial charge in [0.05, 0.1) is 50.7 Å². The first-order chi connectivity index (χ1) is 28.5. The zero-order valence-corrected chi connectivity index (χ0v) is 35.4. The Kier molecular flexibility index (Phi) is 17.6. The Balaban J connectivity index is 0.000000224. The van der Waals surface area contributed by atoms with Gasteiger partial charge in [-0.3, -0.25) is 9.59 Å². The summed E-state index contributed by atoms with van der Waals surface area (Å²) in [5, 5.41) is 38.6. The van der Waals surface area contributed by atoms with Gasteiger partial charge in [-0.1, -0.05) is 70.2 Å². The van der Waals surface area contributed by atoms with Gasteiger partial charge in [-0.15, -0.1) is 22.7 Å². The highest BCUT2D eigenvalue weighted by molar-refractivity contribution is 7.14. The average Bonchev–Trinajstić information content (AvgIpc) is 4.05. The van der Waals surface area contributed by atoms with Crippen molar-refractivity contribution in [2.45, 2.75) is 122 Å². The third kappa shape index (κ3) is 13.0. The van der Waals surface area contributed by atoms with Gasteiger partial charge in [0.1, 0.15) is 9.75 Å². The summed E-state index contributed by atoms with van der Waals surface area (Å²) in [6.45, 7) is 5.70. The fourth-order valence-electron chi connectivity index (χ4n) is 7.28. The maximum absolute atomic E-state index is 12.4. The molecule has 59 heavy (non-hydrogen) atoms. The minimum Gasteiger partial charge on any atom is -0.477 e. The monoisotopic (exact) mass is 848 g/mol. The molecule has 2 amide bonds. The molecule has 4 N–H and O–H groups in total. The van der Waals surface area contributed by atoms with Gasteiger partial charge in [-0.25, -0.2) is 9.59 Å². The topological polar surface area (TPSA) is 174 Å². The van der Waals surface area contributed by atoms with E-state index in [0.717, 1.165) is 90.0 Å². The predicted molar refractivity (Wildman–Crippen MR) is 229 cm³/mol. The van der Waals surface area contributed by atoms with Gasteiger partial charge in [0.15, 0.2) is 0 Å². The van der Waals surface area contributed by atoms with Crippen molar-refractivity contribution in [1.29, 1.82) is 0 Å². The van der Waals surface area contributed by atoms with Gasteiger partial charge in [0, 0.05) is 34.0 Å². The second-order valence-electron chi connectivity index (χ2n) is 14.9. The number of aliphatic hydroxyl groups excluding tert-OH is 2. The number of thiophene rings is 2. The standard InChI is InChI=1S/C23H29NO5S.C22H27NO5S/c1-2-3-4-5-20(25)16-6-8-17(9-7-16)24-18(10-13-22(24)26)14-29-15-19-11-12-21(30-19)23(27)28;1-2-3-4-19(24)15-5-7-16(8-6-15)23-17(9-12-21(23)25)13-28-14-18-10-11-20(29-18)22(26)27/h6-9,11-12,18,20,25H,2-5,10,13-15H2,1H3,(H,27,28);5-8,10-11,17,19,24H,2-4,9,12-14H2,1H3,(H,26,27). The summed E-state index contributed by atoms with van der Waals surface area (Å²) in [6, 6.07) is 21.7. The number of nitrogens with zero attached hydrogens (tertiary/aromatic N) is 2. The van der Waals surface area contributed by atoms with Gasteiger partial charge in [-0.05, 0) is 85.3 Å². The van der Waals surface area contributed by atoms with E-state index >= 15 is 0 Å². The molecular weight excluding hydrogens is 793 g/mol. The maximum Gasteiger partial charge on any atom is 0.345 e. The molecule has 2 aliphatic heterocycles. The van der Waals surface area contributed by atoms with Crippen LogP contribution in [-0.4, -0.2) is 69.5 Å². The van der Waals surface area contributed by atoms with Crippen LogP contribution in [0.4, 0.5) is 11.4 Å². The molecule has 318 valence electrons. The van der Waals surface area contributed by atoms with Gasteiger partial charge >= 0.3 is 11.9 Å². The summed E-state index contributed by atoms with van der Waals surface area (Å²) in [6.07, 6.45) is 8.22. The number of hydrogen-bond acceptors (Lipinski definition) is 10. The van der Waals surface area contributed by atoms with E-state index in [-0.39, 0.29) is 23.9 Å². The largest absolute Gasteiger partial charge is 0.477 e. The van der Waals surface area contributed by atoms with E-state index in [1.807, 2.05) is 48.5 Å². The van der Waals surface area contributed by atoms with E-state index < -0.39 is 24.1 Å². The molecule has 2 aromatic heterocycles. The number of rotatable bonds is 21. The van der Waals surface area contributed by atoms with Crippen LogP contribution in [0.5, 0.6) is 0 Å². The summed E-state index contributed by atoms with van der Waals surface area (Å²) >= 11 is 2.41. The number of anilines is 2. The lowest BCUT2D eigenvalue weighted by Crippen LogP contribution is -2.36. The van der Waals surface area contributed by atoms with Gasteiger partial charge in [0.2, 0.25) is 11.8 Å². The number of carbonyl (C=O) groups is 4. The number of amides is 2. The van der Waals surface area contributed by atoms with Crippen molar-refractivity contribution in [3.05, 3.63) is 103 Å². The SMILES string of the molecule is CCCCC(O)c1ccc(N2C(=O)CCC2COCc2ccc(C(=O)O)s2)cc1.CCCCCC(O)c1ccc(N2C(=O)CCC2COCc2ccc(C(=O)O)s2)cc1. The van der Waals surface area contributed by atoms with Crippen LogP contribution in [0.2, 0.25) is 0 Å². The normalized spacial score (nSPS) is 17.6. The number of aromatic carboxylic acids is 2. The molecule has 0 bridgehead atoms. The van der Waals surface area contributed by atoms with Crippen molar-refractivity contribution in [3.8, 4) is 0 Å². The first-order valence-electron chi connectivity index (χ1n) is 20.5. The van der Waals surface area contributed by atoms with Crippen LogP contribution in [-0.2, 0) is 32.3 Å². The minimum atomic E-state index is -0.933. The highest BCUT2D eigenvalue weighted by Crippen LogP contribution is 2.31. The molecule has 2 saturated heterocycles. The average molecular weight is 849 g/mol. The molecule has 2 fully saturated rings. The molecule has 4 heterocycles. The van der Waals surface area contributed by atoms with Crippen LogP contribution in [0.15, 0.2) is 72.8 Å². The number of carboxylic acids is 2. The van der Waals surface area contributed by atoms with Crippen molar-refractivity contribution >= 4 is 57.8 Å². The van der Waals surface area contributed by atoms with Gasteiger partial charge in [0.25, 0.3) is 0 Å². The summed E-state index contributed by atoms with van der Waals surface area (Å²) in [4.78, 5) is 52.6. The van der Waals surface area contributed by atoms with Crippen LogP contribution in [0.25, 0.3) is 0 Å². The molecule has 2 aromatic carbocycles. The van der Waals surface area contributed by atoms with Crippen molar-refractivity contribution in [3.63, 3.8) is 0 Å². The molecule has 0 aliphatic carbocycles. The van der Waals surface area contributed by atoms with Gasteiger partial charge < -0.3 is 39.7 Å². The molecule has 4 atom stereocenters. The van der Waals surface area contributed by atoms with Crippen LogP contribution in [0, 0.1) is 0 Å². The zero-order valence-electron chi connectivity index (χ0n) is 33.8. The zero-order chi connectivity index (χ0) is 42.3. The molecule has 4 aromatic rings. The first-order valence-corrected chi connectivity index (χ1v) is 22.1. The predicted octanol–water partition coefficient (Wildman–Crippen LogP) is 9.15. The first kappa shape index (κ1) is 45.6. The molecule has 2 aliphatic rings. The molecular formula is C45H56N2O10S2. The van der Waals surface area contributed by atoms with Gasteiger partial charge in [-0.2, -0.15) is 0 Å². The Bertz CT molecular complexity index is 1960. The number of benzene rings is 2. The Morgan fingerprint density at radius 1 is 0.627 bits per heavy atom. The third-order valence-electron chi connectivity index (χ3n) is 10.5. The number of carboxylic acid groups (broad SMARTS) is 2. The number of aliphatic hydroxyl groups is 2. The third-order valence-corrected chi connectivity index (χ3v) is 12.6. The molecule has 4 unspecified atom stereocenters. The number of unbranched alkanes of at least 4 members (excludes halogenated alkanes) is 3. The van der Waals surface area contributed by atoms with E-state index in [2.05, 4.69) is 13.8 Å². The van der Waals surface area contributed by atoms with Crippen LogP contribution in [0.3, 0.4) is 0 Å². The molecule has 14 heteroatoms. The lowest BCUT2D eigenvalue weighted by Gasteiger charge is -2.25. The van der Waals surface area contributed by atoms with Crippen LogP contribution >= 0.6 is 22.7 Å². The van der Waals surface area contributed by atoms with Crippen LogP contribution in [0.1, 0.15) is 137 Å². The second-order valence-corrected chi connectivity index (χ2v) is 17.3. The Morgan fingerprint density at radius 2 is 1.03 bits per heavy atom. The van der Waals surface area contributed by atoms with Crippen molar-refractivity contribution in [1.82, 2.24) is 0 Å². The summed E-state index contributed by atoms with van der Waals surface area (Å²) < 4.78 is 11.6. The van der Waals surface area contributed by atoms with E-state index in [9.17, 15) is 29.4 Å². The number of carbonyl (C=O) groups excluding carboxylic acids is 2. The van der Waals surface area contributed by atoms with Crippen molar-refractivity contribution in [2.24, 2.45) is 0 Å². The van der Waals surface area contributed by atoms with E-state index in [4.69, 9.17) is 19.7 Å². The second kappa shape index (κ2) is 22.8. The van der Waals surface area contributed by atoms with E-state index in [0.29, 0.717) is 49.0 Å². The summed E-state index contributed by atoms with van der Waals surface area (Å²) in [5.41, 5.74) is 3.38. The Morgan fingerprint density at radius 3 is 1.41 bits per heavy atom. The molecule has 12 nitrogen and oxygen atoms in total. The Labute approximate surface area is 354 Å². The summed E-state index contributed by atoms with van der Waals surface area (Å²) in [5.74, 6) is -1.72. The molecule has 0 spiro atoms. The highest BCUT2D eigenvalue weighted by atomic mass is 32.1. The lowest BCUT2D eigenvalue weighted by molar-refractivity contribution is -0.118. The maximum atomic E-state index is 12.4. The van der Waals surface area contributed by atoms with E-state index in [1.54, 1.807) is 34.1 Å². The minimum absolute atomic E-state index is 0.0442. The Hall–Kier alpha value is -4.44. The quantitative estimate of drug-likeness (QED) is 0.0592. The fraction of sp³-hybridized carbons (Fsp3) is 0.467. The smallest absolute Gasteiger partial charge is 0.345 e. The highest BCUT2D eigenvalue weighted by Gasteiger charge is 2.33. The molecule has 6 rings (SSSR count). The van der Waals surface area contributed by atoms with Crippen LogP contribution < -0.4 is 9.80 Å². The summed E-state index contributed by atoms with van der Waals surface area (Å²) in [7, 11) is 0. The van der Waals surface area contributed by atoms with Crippen molar-refractivity contribution < 1.29 is 49.1 Å². The van der Waals surface area contributed by atoms with Crippen molar-refractivity contribution in [2.75, 3.05) is 23.0 Å².